The fourth-order valence-electron chi connectivity index (χ4n) is 3.37. The van der Waals surface area contributed by atoms with E-state index < -0.39 is 0 Å². The minimum Gasteiger partial charge on any atom is -0.362 e. The Kier molecular flexibility index (Phi) is 3.96. The lowest BCUT2D eigenvalue weighted by atomic mass is 10.1. The van der Waals surface area contributed by atoms with Gasteiger partial charge in [-0.2, -0.15) is 0 Å². The molecule has 124 valence electrons. The number of nitrogens with one attached hydrogen (secondary N) is 1. The maximum atomic E-state index is 13.0. The zero-order valence-electron chi connectivity index (χ0n) is 13.9. The van der Waals surface area contributed by atoms with Crippen LogP contribution in [0.25, 0.3) is 11.6 Å². The van der Waals surface area contributed by atoms with Gasteiger partial charge in [-0.3, -0.25) is 14.6 Å². The van der Waals surface area contributed by atoms with Gasteiger partial charge in [0, 0.05) is 43.6 Å². The van der Waals surface area contributed by atoms with Crippen LogP contribution in [0, 0.1) is 0 Å². The number of benzene rings is 1. The first-order chi connectivity index (χ1) is 11.7. The number of amides is 1. The predicted molar refractivity (Wildman–Crippen MR) is 96.5 cm³/mol. The first kappa shape index (κ1) is 15.2. The summed E-state index contributed by atoms with van der Waals surface area (Å²) in [5.41, 5.74) is 3.75. The molecule has 0 radical (unpaired) electrons. The van der Waals surface area contributed by atoms with Crippen molar-refractivity contribution in [3.8, 4) is 0 Å². The monoisotopic (exact) mass is 322 g/mol. The van der Waals surface area contributed by atoms with Crippen molar-refractivity contribution in [3.05, 3.63) is 53.9 Å². The first-order valence-corrected chi connectivity index (χ1v) is 8.39. The highest BCUT2D eigenvalue weighted by atomic mass is 16.2. The molecule has 4 rings (SSSR count). The highest BCUT2D eigenvalue weighted by molar-refractivity contribution is 6.35. The van der Waals surface area contributed by atoms with Gasteiger partial charge < -0.3 is 9.88 Å². The van der Waals surface area contributed by atoms with E-state index in [0.717, 1.165) is 48.7 Å². The van der Waals surface area contributed by atoms with Gasteiger partial charge in [0.2, 0.25) is 0 Å². The number of piperazine rings is 1. The summed E-state index contributed by atoms with van der Waals surface area (Å²) in [5, 5.41) is 0. The van der Waals surface area contributed by atoms with Crippen LogP contribution < -0.4 is 4.90 Å². The smallest absolute Gasteiger partial charge is 0.260 e. The van der Waals surface area contributed by atoms with Gasteiger partial charge in [-0.05, 0) is 31.3 Å². The van der Waals surface area contributed by atoms with E-state index in [0.29, 0.717) is 6.67 Å². The van der Waals surface area contributed by atoms with Crippen molar-refractivity contribution >= 4 is 23.2 Å². The number of carbonyl (C=O) groups excluding carboxylic acids is 1. The Balaban J connectivity index is 1.63. The van der Waals surface area contributed by atoms with E-state index in [2.05, 4.69) is 21.8 Å². The number of aromatic amines is 1. The van der Waals surface area contributed by atoms with Crippen molar-refractivity contribution < 1.29 is 4.79 Å². The number of carbonyl (C=O) groups is 1. The molecular formula is C19H22N4O. The maximum absolute atomic E-state index is 13.0. The highest BCUT2D eigenvalue weighted by Gasteiger charge is 2.33. The van der Waals surface area contributed by atoms with Crippen LogP contribution >= 0.6 is 0 Å². The van der Waals surface area contributed by atoms with Gasteiger partial charge >= 0.3 is 0 Å². The molecule has 5 heteroatoms. The van der Waals surface area contributed by atoms with E-state index in [1.54, 1.807) is 0 Å². The fraction of sp³-hybridized carbons (Fsp3) is 0.316. The molecule has 1 aromatic carbocycles. The van der Waals surface area contributed by atoms with Gasteiger partial charge in [0.15, 0.2) is 0 Å². The van der Waals surface area contributed by atoms with Gasteiger partial charge in [-0.15, -0.1) is 0 Å². The normalized spacial score (nSPS) is 20.8. The van der Waals surface area contributed by atoms with E-state index in [9.17, 15) is 4.79 Å². The quantitative estimate of drug-likeness (QED) is 0.880. The molecule has 1 saturated heterocycles. The summed E-state index contributed by atoms with van der Waals surface area (Å²) in [7, 11) is 2.14. The second-order valence-corrected chi connectivity index (χ2v) is 6.50. The number of rotatable bonds is 3. The van der Waals surface area contributed by atoms with Crippen molar-refractivity contribution in [3.63, 3.8) is 0 Å². The Morgan fingerprint density at radius 2 is 1.88 bits per heavy atom. The molecule has 0 saturated carbocycles. The van der Waals surface area contributed by atoms with Gasteiger partial charge in [0.25, 0.3) is 5.91 Å². The number of hydrogen-bond acceptors (Lipinski definition) is 3. The van der Waals surface area contributed by atoms with Crippen LogP contribution in [0.2, 0.25) is 0 Å². The minimum absolute atomic E-state index is 0.0877. The lowest BCUT2D eigenvalue weighted by Gasteiger charge is -2.34. The summed E-state index contributed by atoms with van der Waals surface area (Å²) in [4.78, 5) is 22.8. The molecule has 2 aliphatic rings. The van der Waals surface area contributed by atoms with Gasteiger partial charge in [0.1, 0.15) is 0 Å². The fourth-order valence-corrected chi connectivity index (χ4v) is 3.37. The molecule has 0 atom stereocenters. The van der Waals surface area contributed by atoms with Crippen LogP contribution in [0.5, 0.6) is 0 Å². The third-order valence-electron chi connectivity index (χ3n) is 4.82. The summed E-state index contributed by atoms with van der Waals surface area (Å²) >= 11 is 0. The Bertz CT molecular complexity index is 757. The molecule has 3 heterocycles. The Labute approximate surface area is 142 Å². The van der Waals surface area contributed by atoms with Crippen molar-refractivity contribution in [1.82, 2.24) is 14.8 Å². The average molecular weight is 322 g/mol. The molecular weight excluding hydrogens is 300 g/mol. The first-order valence-electron chi connectivity index (χ1n) is 8.39. The number of likely N-dealkylation sites (N-methyl/N-ethyl adjacent to an activating group) is 1. The summed E-state index contributed by atoms with van der Waals surface area (Å²) < 4.78 is 0. The minimum atomic E-state index is 0.0877. The summed E-state index contributed by atoms with van der Waals surface area (Å²) in [6.07, 6.45) is 3.82. The molecule has 1 amide bonds. The summed E-state index contributed by atoms with van der Waals surface area (Å²) in [6.45, 7) is 4.76. The van der Waals surface area contributed by atoms with E-state index in [1.165, 1.54) is 0 Å². The Hall–Kier alpha value is -2.37. The van der Waals surface area contributed by atoms with E-state index in [4.69, 9.17) is 0 Å². The zero-order valence-corrected chi connectivity index (χ0v) is 13.9. The van der Waals surface area contributed by atoms with Gasteiger partial charge in [0.05, 0.1) is 17.9 Å². The number of para-hydroxylation sites is 1. The van der Waals surface area contributed by atoms with E-state index in [1.807, 2.05) is 53.6 Å². The molecule has 2 aliphatic heterocycles. The van der Waals surface area contributed by atoms with Crippen LogP contribution in [0.4, 0.5) is 5.69 Å². The number of anilines is 1. The SMILES string of the molecule is CN1CCN(CN2C(=O)/C(=C/c3ccc[nH]3)c3ccccc32)CC1. The number of hydrogen-bond donors (Lipinski definition) is 1. The van der Waals surface area contributed by atoms with E-state index >= 15 is 0 Å². The number of aromatic nitrogens is 1. The van der Waals surface area contributed by atoms with Crippen LogP contribution in [-0.4, -0.2) is 60.6 Å². The Morgan fingerprint density at radius 3 is 2.62 bits per heavy atom. The second-order valence-electron chi connectivity index (χ2n) is 6.50. The van der Waals surface area contributed by atoms with Crippen molar-refractivity contribution in [1.29, 1.82) is 0 Å². The van der Waals surface area contributed by atoms with Crippen LogP contribution in [0.15, 0.2) is 42.6 Å². The Morgan fingerprint density at radius 1 is 1.08 bits per heavy atom. The van der Waals surface area contributed by atoms with Crippen molar-refractivity contribution in [2.75, 3.05) is 44.8 Å². The molecule has 5 nitrogen and oxygen atoms in total. The standard InChI is InChI=1S/C19H22N4O/c1-21-9-11-22(12-10-21)14-23-18-7-3-2-6-16(18)17(19(23)24)13-15-5-4-8-20-15/h2-8,13,20H,9-12,14H2,1H3/b17-13+. The average Bonchev–Trinajstić information content (AvgIpc) is 3.20. The number of fused-ring (bicyclic) bond motifs is 1. The van der Waals surface area contributed by atoms with Gasteiger partial charge in [-0.1, -0.05) is 18.2 Å². The van der Waals surface area contributed by atoms with Crippen LogP contribution in [0.1, 0.15) is 11.3 Å². The lowest BCUT2D eigenvalue weighted by molar-refractivity contribution is -0.113. The summed E-state index contributed by atoms with van der Waals surface area (Å²) in [6, 6.07) is 12.0. The molecule has 24 heavy (non-hydrogen) atoms. The zero-order chi connectivity index (χ0) is 16.5. The largest absolute Gasteiger partial charge is 0.362 e. The predicted octanol–water partition coefficient (Wildman–Crippen LogP) is 2.11. The third kappa shape index (κ3) is 2.77. The molecule has 1 fully saturated rings. The van der Waals surface area contributed by atoms with Crippen LogP contribution in [-0.2, 0) is 4.79 Å². The molecule has 0 aliphatic carbocycles. The van der Waals surface area contributed by atoms with Gasteiger partial charge in [-0.25, -0.2) is 0 Å². The number of nitrogens with zero attached hydrogens (tertiary/aromatic N) is 3. The van der Waals surface area contributed by atoms with Crippen molar-refractivity contribution in [2.45, 2.75) is 0 Å². The molecule has 1 aromatic heterocycles. The van der Waals surface area contributed by atoms with E-state index in [-0.39, 0.29) is 5.91 Å². The highest BCUT2D eigenvalue weighted by Crippen LogP contribution is 2.37. The molecule has 0 spiro atoms. The van der Waals surface area contributed by atoms with Crippen molar-refractivity contribution in [2.24, 2.45) is 0 Å². The van der Waals surface area contributed by atoms with Crippen LogP contribution in [0.3, 0.4) is 0 Å². The summed E-state index contributed by atoms with van der Waals surface area (Å²) in [5.74, 6) is 0.0877. The number of H-pyrrole nitrogens is 1. The molecule has 2 aromatic rings. The second kappa shape index (κ2) is 6.26. The maximum Gasteiger partial charge on any atom is 0.260 e. The lowest BCUT2D eigenvalue weighted by Crippen LogP contribution is -2.49. The third-order valence-corrected chi connectivity index (χ3v) is 4.82. The molecule has 0 unspecified atom stereocenters. The molecule has 1 N–H and O–H groups in total. The molecule has 0 bridgehead atoms. The topological polar surface area (TPSA) is 42.6 Å².